The summed E-state index contributed by atoms with van der Waals surface area (Å²) in [4.78, 5) is 0. The van der Waals surface area contributed by atoms with E-state index in [1.54, 1.807) is 0 Å². The van der Waals surface area contributed by atoms with Crippen LogP contribution in [0.1, 0.15) is 52.7 Å². The van der Waals surface area contributed by atoms with E-state index in [-0.39, 0.29) is 17.6 Å². The molecule has 2 unspecified atom stereocenters. The molecule has 0 spiro atoms. The fraction of sp³-hybridized carbons (Fsp3) is 0.448. The van der Waals surface area contributed by atoms with Crippen LogP contribution in [-0.4, -0.2) is 38.6 Å². The minimum Gasteiger partial charge on any atom is -0.491 e. The van der Waals surface area contributed by atoms with Gasteiger partial charge in [0.25, 0.3) is 0 Å². The van der Waals surface area contributed by atoms with Gasteiger partial charge in [-0.2, -0.15) is 0 Å². The van der Waals surface area contributed by atoms with E-state index in [0.717, 1.165) is 22.6 Å². The van der Waals surface area contributed by atoms with Crippen molar-refractivity contribution in [2.45, 2.75) is 59.2 Å². The molecule has 2 atom stereocenters. The van der Waals surface area contributed by atoms with Gasteiger partial charge in [0, 0.05) is 5.41 Å². The lowest BCUT2D eigenvalue weighted by molar-refractivity contribution is 0.0458. The first-order valence-corrected chi connectivity index (χ1v) is 11.6. The number of hydrogen-bond acceptors (Lipinski definition) is 4. The summed E-state index contributed by atoms with van der Waals surface area (Å²) in [6.07, 6.45) is 0.0263. The Morgan fingerprint density at radius 3 is 1.33 bits per heavy atom. The number of hydrogen-bond donors (Lipinski definition) is 0. The summed E-state index contributed by atoms with van der Waals surface area (Å²) in [6.45, 7) is 22.2. The van der Waals surface area contributed by atoms with Crippen LogP contribution in [-0.2, 0) is 14.9 Å². The van der Waals surface area contributed by atoms with Crippen molar-refractivity contribution in [2.75, 3.05) is 26.4 Å². The molecule has 0 aliphatic rings. The summed E-state index contributed by atoms with van der Waals surface area (Å²) in [7, 11) is 0. The van der Waals surface area contributed by atoms with Gasteiger partial charge in [-0.25, -0.2) is 0 Å². The molecule has 2 aromatic rings. The topological polar surface area (TPSA) is 36.9 Å². The average molecular weight is 453 g/mol. The molecule has 2 rings (SSSR count). The molecule has 2 aromatic carbocycles. The highest BCUT2D eigenvalue weighted by Crippen LogP contribution is 2.33. The van der Waals surface area contributed by atoms with Crippen LogP contribution in [0.25, 0.3) is 0 Å². The molecular formula is C29H40O4. The van der Waals surface area contributed by atoms with E-state index >= 15 is 0 Å². The summed E-state index contributed by atoms with van der Waals surface area (Å²) in [6, 6.07) is 16.6. The molecule has 0 saturated carbocycles. The monoisotopic (exact) mass is 452 g/mol. The average Bonchev–Trinajstić information content (AvgIpc) is 2.79. The molecule has 0 aliphatic carbocycles. The Hall–Kier alpha value is -2.56. The lowest BCUT2D eigenvalue weighted by atomic mass is 9.78. The quantitative estimate of drug-likeness (QED) is 0.298. The van der Waals surface area contributed by atoms with E-state index in [9.17, 15) is 0 Å². The highest BCUT2D eigenvalue weighted by Gasteiger charge is 2.23. The van der Waals surface area contributed by atoms with Crippen molar-refractivity contribution in [1.29, 1.82) is 0 Å². The molecule has 0 radical (unpaired) electrons. The number of benzene rings is 2. The highest BCUT2D eigenvalue weighted by atomic mass is 16.5. The number of rotatable bonds is 14. The molecule has 0 fully saturated rings. The first-order valence-electron chi connectivity index (χ1n) is 11.6. The Bertz CT molecular complexity index is 807. The summed E-state index contributed by atoms with van der Waals surface area (Å²) >= 11 is 0. The molecule has 0 N–H and O–H groups in total. The van der Waals surface area contributed by atoms with Crippen molar-refractivity contribution in [2.24, 2.45) is 0 Å². The van der Waals surface area contributed by atoms with Crippen LogP contribution in [0.4, 0.5) is 0 Å². The molecule has 0 aliphatic heterocycles. The van der Waals surface area contributed by atoms with Gasteiger partial charge in [-0.15, -0.1) is 0 Å². The molecule has 0 heterocycles. The van der Waals surface area contributed by atoms with E-state index in [1.165, 1.54) is 11.1 Å². The Kier molecular flexibility index (Phi) is 10.2. The fourth-order valence-corrected chi connectivity index (χ4v) is 3.19. The van der Waals surface area contributed by atoms with E-state index in [4.69, 9.17) is 18.9 Å². The SMILES string of the molecule is C=C(C)COC(C)COc1ccc(C(C)(C)c2ccc(OCC(C)OCC(=C)C)cc2)cc1. The number of ether oxygens (including phenoxy) is 4. The summed E-state index contributed by atoms with van der Waals surface area (Å²) in [5.74, 6) is 1.68. The zero-order valence-electron chi connectivity index (χ0n) is 21.1. The normalized spacial score (nSPS) is 13.3. The third-order valence-electron chi connectivity index (χ3n) is 5.35. The van der Waals surface area contributed by atoms with Gasteiger partial charge in [0.2, 0.25) is 0 Å². The van der Waals surface area contributed by atoms with Gasteiger partial charge >= 0.3 is 0 Å². The standard InChI is InChI=1S/C29H40O4/c1-21(2)17-30-23(5)19-32-27-13-9-25(10-14-27)29(7,8)26-11-15-28(16-12-26)33-20-24(6)31-18-22(3)4/h9-16,23-24H,1,3,17-20H2,2,4-8H3. The van der Waals surface area contributed by atoms with Gasteiger partial charge in [-0.05, 0) is 63.1 Å². The van der Waals surface area contributed by atoms with Crippen LogP contribution >= 0.6 is 0 Å². The van der Waals surface area contributed by atoms with Crippen molar-refractivity contribution < 1.29 is 18.9 Å². The maximum absolute atomic E-state index is 5.88. The zero-order chi connectivity index (χ0) is 24.4. The van der Waals surface area contributed by atoms with Gasteiger partial charge in [-0.3, -0.25) is 0 Å². The predicted molar refractivity (Wildman–Crippen MR) is 136 cm³/mol. The van der Waals surface area contributed by atoms with Crippen LogP contribution in [0.2, 0.25) is 0 Å². The zero-order valence-corrected chi connectivity index (χ0v) is 21.1. The van der Waals surface area contributed by atoms with E-state index < -0.39 is 0 Å². The van der Waals surface area contributed by atoms with E-state index in [0.29, 0.717) is 26.4 Å². The van der Waals surface area contributed by atoms with Gasteiger partial charge in [0.15, 0.2) is 0 Å². The largest absolute Gasteiger partial charge is 0.491 e. The molecule has 33 heavy (non-hydrogen) atoms. The molecule has 0 aromatic heterocycles. The first kappa shape index (κ1) is 26.7. The first-order chi connectivity index (χ1) is 15.6. The summed E-state index contributed by atoms with van der Waals surface area (Å²) < 4.78 is 23.1. The Morgan fingerprint density at radius 1 is 0.697 bits per heavy atom. The maximum Gasteiger partial charge on any atom is 0.119 e. The van der Waals surface area contributed by atoms with Gasteiger partial charge in [0.1, 0.15) is 24.7 Å². The minimum absolute atomic E-state index is 0.0132. The predicted octanol–water partition coefficient (Wildman–Crippen LogP) is 6.73. The molecule has 0 saturated heterocycles. The molecule has 4 nitrogen and oxygen atoms in total. The van der Waals surface area contributed by atoms with Crippen LogP contribution in [0.3, 0.4) is 0 Å². The van der Waals surface area contributed by atoms with Crippen molar-refractivity contribution in [3.63, 3.8) is 0 Å². The molecular weight excluding hydrogens is 412 g/mol. The molecule has 180 valence electrons. The second kappa shape index (κ2) is 12.6. The lowest BCUT2D eigenvalue weighted by Crippen LogP contribution is -2.20. The molecule has 0 bridgehead atoms. The Morgan fingerprint density at radius 2 is 1.03 bits per heavy atom. The Labute approximate surface area is 200 Å². The van der Waals surface area contributed by atoms with Crippen molar-refractivity contribution in [1.82, 2.24) is 0 Å². The van der Waals surface area contributed by atoms with Gasteiger partial charge in [-0.1, -0.05) is 62.4 Å². The van der Waals surface area contributed by atoms with Gasteiger partial charge in [0.05, 0.1) is 25.4 Å². The second-order valence-corrected chi connectivity index (χ2v) is 9.45. The maximum atomic E-state index is 5.88. The van der Waals surface area contributed by atoms with Gasteiger partial charge < -0.3 is 18.9 Å². The van der Waals surface area contributed by atoms with Crippen molar-refractivity contribution in [3.05, 3.63) is 84.0 Å². The van der Waals surface area contributed by atoms with Crippen molar-refractivity contribution >= 4 is 0 Å². The second-order valence-electron chi connectivity index (χ2n) is 9.45. The fourth-order valence-electron chi connectivity index (χ4n) is 3.19. The smallest absolute Gasteiger partial charge is 0.119 e. The van der Waals surface area contributed by atoms with Crippen LogP contribution in [0, 0.1) is 0 Å². The summed E-state index contributed by atoms with van der Waals surface area (Å²) in [5, 5.41) is 0. The van der Waals surface area contributed by atoms with Crippen molar-refractivity contribution in [3.8, 4) is 11.5 Å². The highest BCUT2D eigenvalue weighted by molar-refractivity contribution is 5.41. The third kappa shape index (κ3) is 9.07. The minimum atomic E-state index is -0.146. The molecule has 4 heteroatoms. The summed E-state index contributed by atoms with van der Waals surface area (Å²) in [5.41, 5.74) is 4.31. The van der Waals surface area contributed by atoms with E-state index in [1.807, 2.05) is 52.0 Å². The molecule has 0 amide bonds. The van der Waals surface area contributed by atoms with Crippen LogP contribution < -0.4 is 9.47 Å². The lowest BCUT2D eigenvalue weighted by Gasteiger charge is -2.26. The van der Waals surface area contributed by atoms with Crippen LogP contribution in [0.5, 0.6) is 11.5 Å². The van der Waals surface area contributed by atoms with E-state index in [2.05, 4.69) is 51.3 Å². The Balaban J connectivity index is 1.91. The third-order valence-corrected chi connectivity index (χ3v) is 5.35. The van der Waals surface area contributed by atoms with Crippen LogP contribution in [0.15, 0.2) is 72.8 Å².